The number of hydrogen-bond acceptors (Lipinski definition) is 5. The molecule has 0 aromatic heterocycles. The number of carbonyl (C=O) groups excluding carboxylic acids is 2. The van der Waals surface area contributed by atoms with Crippen LogP contribution in [0.5, 0.6) is 0 Å². The fraction of sp³-hybridized carbons (Fsp3) is 0.417. The van der Waals surface area contributed by atoms with Gasteiger partial charge in [-0.25, -0.2) is 9.18 Å². The number of piperazine rings is 1. The van der Waals surface area contributed by atoms with Gasteiger partial charge in [0.15, 0.2) is 5.82 Å². The molecule has 170 valence electrons. The topological polar surface area (TPSA) is 73.3 Å². The maximum Gasteiger partial charge on any atom is 0.410 e. The van der Waals surface area contributed by atoms with E-state index in [1.807, 2.05) is 35.2 Å². The van der Waals surface area contributed by atoms with Crippen molar-refractivity contribution in [3.8, 4) is 0 Å². The van der Waals surface area contributed by atoms with E-state index in [1.165, 1.54) is 6.07 Å². The van der Waals surface area contributed by atoms with E-state index in [1.54, 1.807) is 21.9 Å². The number of hydrogen-bond donors (Lipinski definition) is 1. The summed E-state index contributed by atoms with van der Waals surface area (Å²) in [6.45, 7) is 2.08. The van der Waals surface area contributed by atoms with Gasteiger partial charge in [-0.2, -0.15) is 0 Å². The average molecular weight is 442 g/mol. The number of rotatable bonds is 5. The third-order valence-corrected chi connectivity index (χ3v) is 6.20. The summed E-state index contributed by atoms with van der Waals surface area (Å²) in [6, 6.07) is 14.5. The Morgan fingerprint density at radius 1 is 1.03 bits per heavy atom. The summed E-state index contributed by atoms with van der Waals surface area (Å²) >= 11 is 0. The molecule has 0 spiro atoms. The minimum Gasteiger partial charge on any atom is -0.445 e. The largest absolute Gasteiger partial charge is 0.445 e. The number of anilines is 1. The predicted molar refractivity (Wildman–Crippen MR) is 117 cm³/mol. The van der Waals surface area contributed by atoms with Gasteiger partial charge in [-0.1, -0.05) is 42.5 Å². The molecule has 2 aliphatic rings. The van der Waals surface area contributed by atoms with E-state index < -0.39 is 5.82 Å². The molecule has 0 radical (unpaired) electrons. The van der Waals surface area contributed by atoms with Crippen LogP contribution in [-0.4, -0.2) is 65.7 Å². The Morgan fingerprint density at radius 3 is 2.47 bits per heavy atom. The zero-order chi connectivity index (χ0) is 22.5. The van der Waals surface area contributed by atoms with Crippen LogP contribution in [0, 0.1) is 5.82 Å². The van der Waals surface area contributed by atoms with Crippen LogP contribution in [0.4, 0.5) is 14.9 Å². The van der Waals surface area contributed by atoms with Crippen LogP contribution in [0.3, 0.4) is 0 Å². The smallest absolute Gasteiger partial charge is 0.410 e. The lowest BCUT2D eigenvalue weighted by Crippen LogP contribution is -2.57. The molecule has 0 atom stereocenters. The van der Waals surface area contributed by atoms with Crippen molar-refractivity contribution in [3.63, 3.8) is 0 Å². The summed E-state index contributed by atoms with van der Waals surface area (Å²) in [5.74, 6) is -0.520. The molecule has 2 aromatic carbocycles. The van der Waals surface area contributed by atoms with Crippen LogP contribution in [0.1, 0.15) is 24.0 Å². The second-order valence-electron chi connectivity index (χ2n) is 8.18. The third kappa shape index (κ3) is 4.85. The summed E-state index contributed by atoms with van der Waals surface area (Å²) in [4.78, 5) is 30.5. The first kappa shape index (κ1) is 22.1. The van der Waals surface area contributed by atoms with Gasteiger partial charge in [0, 0.05) is 37.8 Å². The van der Waals surface area contributed by atoms with Crippen molar-refractivity contribution in [2.24, 2.45) is 0 Å². The van der Waals surface area contributed by atoms with Crippen LogP contribution in [0.15, 0.2) is 48.5 Å². The highest BCUT2D eigenvalue weighted by molar-refractivity contribution is 5.83. The number of nitrogens with zero attached hydrogens (tertiary/aromatic N) is 3. The van der Waals surface area contributed by atoms with Gasteiger partial charge in [0.1, 0.15) is 6.61 Å². The molecule has 4 rings (SSSR count). The zero-order valence-electron chi connectivity index (χ0n) is 18.0. The highest BCUT2D eigenvalue weighted by Crippen LogP contribution is 2.26. The molecule has 2 saturated heterocycles. The summed E-state index contributed by atoms with van der Waals surface area (Å²) in [7, 11) is 0. The molecular formula is C24H28FN3O4. The van der Waals surface area contributed by atoms with Crippen LogP contribution in [-0.2, 0) is 22.7 Å². The predicted octanol–water partition coefficient (Wildman–Crippen LogP) is 2.77. The molecule has 0 bridgehead atoms. The van der Waals surface area contributed by atoms with Crippen molar-refractivity contribution >= 4 is 17.7 Å². The number of amides is 2. The Kier molecular flexibility index (Phi) is 6.90. The molecule has 0 unspecified atom stereocenters. The van der Waals surface area contributed by atoms with Crippen molar-refractivity contribution in [3.05, 3.63) is 65.5 Å². The SMILES string of the molecule is O=C(OCc1ccccc1)N1CCC(N2CCN(c3cccc(CO)c3F)CC2=O)CC1. The van der Waals surface area contributed by atoms with Crippen LogP contribution in [0.25, 0.3) is 0 Å². The molecule has 32 heavy (non-hydrogen) atoms. The number of aliphatic hydroxyl groups excluding tert-OH is 1. The first-order chi connectivity index (χ1) is 15.6. The van der Waals surface area contributed by atoms with Crippen molar-refractivity contribution in [2.75, 3.05) is 37.6 Å². The Bertz CT molecular complexity index is 948. The highest BCUT2D eigenvalue weighted by Gasteiger charge is 2.34. The zero-order valence-corrected chi connectivity index (χ0v) is 18.0. The molecule has 2 fully saturated rings. The lowest BCUT2D eigenvalue weighted by Gasteiger charge is -2.43. The lowest BCUT2D eigenvalue weighted by atomic mass is 10.0. The molecule has 2 aliphatic heterocycles. The standard InChI is InChI=1S/C24H28FN3O4/c25-23-19(16-29)7-4-8-21(23)27-13-14-28(22(30)15-27)20-9-11-26(12-10-20)24(31)32-17-18-5-2-1-3-6-18/h1-8,20,29H,9-17H2. The normalized spacial score (nSPS) is 17.6. The molecule has 2 amide bonds. The number of likely N-dealkylation sites (tertiary alicyclic amines) is 1. The van der Waals surface area contributed by atoms with E-state index in [0.717, 1.165) is 5.56 Å². The average Bonchev–Trinajstić information content (AvgIpc) is 2.83. The van der Waals surface area contributed by atoms with Crippen LogP contribution >= 0.6 is 0 Å². The molecule has 7 nitrogen and oxygen atoms in total. The van der Waals surface area contributed by atoms with Gasteiger partial charge in [-0.05, 0) is 24.5 Å². The first-order valence-electron chi connectivity index (χ1n) is 10.9. The summed E-state index contributed by atoms with van der Waals surface area (Å²) in [5.41, 5.74) is 1.52. The quantitative estimate of drug-likeness (QED) is 0.773. The molecule has 2 heterocycles. The number of carbonyl (C=O) groups is 2. The number of aliphatic hydroxyl groups is 1. The van der Waals surface area contributed by atoms with Gasteiger partial charge in [-0.3, -0.25) is 4.79 Å². The summed E-state index contributed by atoms with van der Waals surface area (Å²) in [6.07, 6.45) is 1.06. The number of halogens is 1. The minimum atomic E-state index is -0.474. The van der Waals surface area contributed by atoms with Gasteiger partial charge in [0.05, 0.1) is 18.8 Å². The number of benzene rings is 2. The van der Waals surface area contributed by atoms with Crippen molar-refractivity contribution in [2.45, 2.75) is 32.1 Å². The fourth-order valence-corrected chi connectivity index (χ4v) is 4.38. The molecule has 0 aliphatic carbocycles. The number of ether oxygens (including phenoxy) is 1. The van der Waals surface area contributed by atoms with E-state index in [-0.39, 0.29) is 43.4 Å². The van der Waals surface area contributed by atoms with Gasteiger partial charge >= 0.3 is 6.09 Å². The first-order valence-corrected chi connectivity index (χ1v) is 10.9. The van der Waals surface area contributed by atoms with E-state index in [0.29, 0.717) is 44.7 Å². The molecule has 8 heteroatoms. The van der Waals surface area contributed by atoms with E-state index in [2.05, 4.69) is 0 Å². The van der Waals surface area contributed by atoms with E-state index in [9.17, 15) is 19.1 Å². The third-order valence-electron chi connectivity index (χ3n) is 6.20. The van der Waals surface area contributed by atoms with E-state index in [4.69, 9.17) is 4.74 Å². The maximum absolute atomic E-state index is 14.6. The molecular weight excluding hydrogens is 413 g/mol. The molecule has 2 aromatic rings. The van der Waals surface area contributed by atoms with Gasteiger partial charge in [-0.15, -0.1) is 0 Å². The summed E-state index contributed by atoms with van der Waals surface area (Å²) in [5, 5.41) is 9.29. The van der Waals surface area contributed by atoms with Crippen LogP contribution < -0.4 is 4.90 Å². The second kappa shape index (κ2) is 9.99. The Morgan fingerprint density at radius 2 is 1.78 bits per heavy atom. The van der Waals surface area contributed by atoms with E-state index >= 15 is 0 Å². The monoisotopic (exact) mass is 441 g/mol. The Labute approximate surface area is 187 Å². The second-order valence-corrected chi connectivity index (χ2v) is 8.18. The summed E-state index contributed by atoms with van der Waals surface area (Å²) < 4.78 is 20.0. The lowest BCUT2D eigenvalue weighted by molar-refractivity contribution is -0.134. The maximum atomic E-state index is 14.6. The van der Waals surface area contributed by atoms with Crippen molar-refractivity contribution in [1.82, 2.24) is 9.80 Å². The molecule has 0 saturated carbocycles. The van der Waals surface area contributed by atoms with Gasteiger partial charge in [0.2, 0.25) is 5.91 Å². The van der Waals surface area contributed by atoms with Crippen molar-refractivity contribution in [1.29, 1.82) is 0 Å². The fourth-order valence-electron chi connectivity index (χ4n) is 4.38. The molecule has 1 N–H and O–H groups in total. The van der Waals surface area contributed by atoms with Crippen molar-refractivity contribution < 1.29 is 23.8 Å². The number of piperidine rings is 1. The Hall–Kier alpha value is -3.13. The van der Waals surface area contributed by atoms with Crippen LogP contribution in [0.2, 0.25) is 0 Å². The highest BCUT2D eigenvalue weighted by atomic mass is 19.1. The minimum absolute atomic E-state index is 0.0462. The Balaban J connectivity index is 1.27. The van der Waals surface area contributed by atoms with Gasteiger partial charge < -0.3 is 24.5 Å². The van der Waals surface area contributed by atoms with Gasteiger partial charge in [0.25, 0.3) is 0 Å².